The van der Waals surface area contributed by atoms with Crippen LogP contribution in [0.2, 0.25) is 0 Å². The molecule has 3 aromatic heterocycles. The van der Waals surface area contributed by atoms with Crippen LogP contribution in [0.25, 0.3) is 11.5 Å². The molecular weight excluding hydrogens is 408 g/mol. The number of benzene rings is 1. The average molecular weight is 428 g/mol. The van der Waals surface area contributed by atoms with Crippen LogP contribution in [0.15, 0.2) is 67.5 Å². The highest BCUT2D eigenvalue weighted by Gasteiger charge is 2.16. The number of aromatic nitrogens is 6. The van der Waals surface area contributed by atoms with Crippen molar-refractivity contribution < 1.29 is 9.59 Å². The topological polar surface area (TPSA) is 128 Å². The van der Waals surface area contributed by atoms with Gasteiger partial charge in [-0.25, -0.2) is 15.0 Å². The number of nitrogens with zero attached hydrogens (tertiary/aromatic N) is 6. The molecular formula is C22H20N8O2. The molecule has 0 aliphatic heterocycles. The van der Waals surface area contributed by atoms with E-state index in [4.69, 9.17) is 0 Å². The molecule has 1 aromatic carbocycles. The van der Waals surface area contributed by atoms with E-state index in [0.717, 1.165) is 0 Å². The van der Waals surface area contributed by atoms with E-state index in [0.29, 0.717) is 23.0 Å². The van der Waals surface area contributed by atoms with Crippen LogP contribution >= 0.6 is 0 Å². The summed E-state index contributed by atoms with van der Waals surface area (Å²) in [4.78, 5) is 37.6. The number of carbonyl (C=O) groups is 2. The van der Waals surface area contributed by atoms with E-state index in [1.165, 1.54) is 18.7 Å². The molecule has 2 amide bonds. The summed E-state index contributed by atoms with van der Waals surface area (Å²) in [6.07, 6.45) is 5.78. The lowest BCUT2D eigenvalue weighted by Gasteiger charge is -2.12. The van der Waals surface area contributed by atoms with Crippen LogP contribution in [0.5, 0.6) is 0 Å². The minimum atomic E-state index is -0.418. The summed E-state index contributed by atoms with van der Waals surface area (Å²) in [5.74, 6) is 0.122. The van der Waals surface area contributed by atoms with Gasteiger partial charge in [-0.1, -0.05) is 18.2 Å². The highest BCUT2D eigenvalue weighted by molar-refractivity contribution is 6.12. The van der Waals surface area contributed by atoms with Crippen molar-refractivity contribution in [2.45, 2.75) is 19.9 Å². The summed E-state index contributed by atoms with van der Waals surface area (Å²) in [5, 5.41) is 13.6. The molecule has 4 aromatic rings. The van der Waals surface area contributed by atoms with Crippen molar-refractivity contribution in [2.75, 3.05) is 10.6 Å². The summed E-state index contributed by atoms with van der Waals surface area (Å²) < 4.78 is 1.89. The third kappa shape index (κ3) is 4.48. The predicted molar refractivity (Wildman–Crippen MR) is 118 cm³/mol. The first-order valence-corrected chi connectivity index (χ1v) is 9.86. The van der Waals surface area contributed by atoms with Crippen LogP contribution in [0.4, 0.5) is 11.5 Å². The standard InChI is InChI=1S/C22H20N8O2/c1-14(2)30-13-25-29-20(30)18-8-5-9-19(26-18)28-22(32)16-6-3-4-7-17(16)27-21(31)15-10-23-12-24-11-15/h3-14H,1-2H3,(H,27,31)(H,26,28,32). The molecule has 2 N–H and O–H groups in total. The fourth-order valence-corrected chi connectivity index (χ4v) is 3.02. The van der Waals surface area contributed by atoms with Gasteiger partial charge in [-0.2, -0.15) is 0 Å². The van der Waals surface area contributed by atoms with Gasteiger partial charge in [0.1, 0.15) is 24.2 Å². The van der Waals surface area contributed by atoms with Gasteiger partial charge in [-0.15, -0.1) is 10.2 Å². The zero-order chi connectivity index (χ0) is 22.5. The quantitative estimate of drug-likeness (QED) is 0.483. The fourth-order valence-electron chi connectivity index (χ4n) is 3.02. The van der Waals surface area contributed by atoms with Crippen molar-refractivity contribution in [2.24, 2.45) is 0 Å². The van der Waals surface area contributed by atoms with Gasteiger partial charge < -0.3 is 15.2 Å². The summed E-state index contributed by atoms with van der Waals surface area (Å²) in [6.45, 7) is 4.04. The van der Waals surface area contributed by atoms with E-state index in [2.05, 4.69) is 35.8 Å². The number of carbonyl (C=O) groups excluding carboxylic acids is 2. The number of hydrogen-bond donors (Lipinski definition) is 2. The smallest absolute Gasteiger partial charge is 0.258 e. The lowest BCUT2D eigenvalue weighted by molar-refractivity contribution is 0.102. The highest BCUT2D eigenvalue weighted by Crippen LogP contribution is 2.21. The van der Waals surface area contributed by atoms with Gasteiger partial charge in [0, 0.05) is 18.4 Å². The zero-order valence-corrected chi connectivity index (χ0v) is 17.4. The molecule has 0 bridgehead atoms. The maximum atomic E-state index is 13.0. The van der Waals surface area contributed by atoms with Crippen LogP contribution in [0.3, 0.4) is 0 Å². The van der Waals surface area contributed by atoms with Gasteiger partial charge in [-0.05, 0) is 38.1 Å². The number of amides is 2. The van der Waals surface area contributed by atoms with Crippen molar-refractivity contribution in [3.8, 4) is 11.5 Å². The second-order valence-electron chi connectivity index (χ2n) is 7.14. The van der Waals surface area contributed by atoms with Gasteiger partial charge in [0.2, 0.25) is 0 Å². The first kappa shape index (κ1) is 20.8. The summed E-state index contributed by atoms with van der Waals surface area (Å²) >= 11 is 0. The van der Waals surface area contributed by atoms with E-state index in [9.17, 15) is 9.59 Å². The highest BCUT2D eigenvalue weighted by atomic mass is 16.2. The van der Waals surface area contributed by atoms with Crippen molar-refractivity contribution >= 4 is 23.3 Å². The Bertz CT molecular complexity index is 1250. The number of hydrogen-bond acceptors (Lipinski definition) is 7. The molecule has 0 saturated heterocycles. The molecule has 0 saturated carbocycles. The van der Waals surface area contributed by atoms with Crippen molar-refractivity contribution in [1.29, 1.82) is 0 Å². The third-order valence-corrected chi connectivity index (χ3v) is 4.59. The molecule has 4 rings (SSSR count). The molecule has 0 radical (unpaired) electrons. The average Bonchev–Trinajstić information content (AvgIpc) is 3.31. The Morgan fingerprint density at radius 3 is 2.50 bits per heavy atom. The van der Waals surface area contributed by atoms with Gasteiger partial charge in [0.05, 0.1) is 16.8 Å². The van der Waals surface area contributed by atoms with Crippen LogP contribution in [-0.4, -0.2) is 41.5 Å². The molecule has 10 nitrogen and oxygen atoms in total. The molecule has 0 aliphatic rings. The Kier molecular flexibility index (Phi) is 5.93. The van der Waals surface area contributed by atoms with Gasteiger partial charge in [0.25, 0.3) is 11.8 Å². The minimum absolute atomic E-state index is 0.158. The Morgan fingerprint density at radius 1 is 0.938 bits per heavy atom. The fraction of sp³-hybridized carbons (Fsp3) is 0.136. The van der Waals surface area contributed by atoms with Gasteiger partial charge in [-0.3, -0.25) is 9.59 Å². The number of para-hydroxylation sites is 1. The van der Waals surface area contributed by atoms with Gasteiger partial charge >= 0.3 is 0 Å². The second kappa shape index (κ2) is 9.13. The Labute approximate surface area is 183 Å². The first-order valence-electron chi connectivity index (χ1n) is 9.86. The Morgan fingerprint density at radius 2 is 1.72 bits per heavy atom. The molecule has 0 spiro atoms. The largest absolute Gasteiger partial charge is 0.321 e. The zero-order valence-electron chi connectivity index (χ0n) is 17.4. The lowest BCUT2D eigenvalue weighted by Crippen LogP contribution is -2.19. The SMILES string of the molecule is CC(C)n1cnnc1-c1cccc(NC(=O)c2ccccc2NC(=O)c2cncnc2)n1. The van der Waals surface area contributed by atoms with Crippen LogP contribution in [-0.2, 0) is 0 Å². The van der Waals surface area contributed by atoms with Crippen molar-refractivity contribution in [1.82, 2.24) is 29.7 Å². The Balaban J connectivity index is 1.55. The first-order chi connectivity index (χ1) is 15.5. The number of nitrogens with one attached hydrogen (secondary N) is 2. The molecule has 10 heteroatoms. The van der Waals surface area contributed by atoms with Gasteiger partial charge in [0.15, 0.2) is 5.82 Å². The monoisotopic (exact) mass is 428 g/mol. The summed E-state index contributed by atoms with van der Waals surface area (Å²) in [7, 11) is 0. The number of anilines is 2. The molecule has 0 atom stereocenters. The maximum Gasteiger partial charge on any atom is 0.258 e. The molecule has 32 heavy (non-hydrogen) atoms. The van der Waals surface area contributed by atoms with Crippen LogP contribution in [0.1, 0.15) is 40.6 Å². The van der Waals surface area contributed by atoms with Crippen molar-refractivity contribution in [3.05, 3.63) is 78.6 Å². The Hall–Kier alpha value is -4.47. The van der Waals surface area contributed by atoms with E-state index in [1.54, 1.807) is 48.8 Å². The van der Waals surface area contributed by atoms with E-state index < -0.39 is 11.8 Å². The van der Waals surface area contributed by atoms with E-state index in [-0.39, 0.29) is 17.2 Å². The maximum absolute atomic E-state index is 13.0. The van der Waals surface area contributed by atoms with E-state index >= 15 is 0 Å². The van der Waals surface area contributed by atoms with Crippen molar-refractivity contribution in [3.63, 3.8) is 0 Å². The lowest BCUT2D eigenvalue weighted by atomic mass is 10.1. The summed E-state index contributed by atoms with van der Waals surface area (Å²) in [5.41, 5.74) is 1.51. The molecule has 0 aliphatic carbocycles. The molecule has 0 unspecified atom stereocenters. The molecule has 160 valence electrons. The van der Waals surface area contributed by atoms with Crippen LogP contribution < -0.4 is 10.6 Å². The third-order valence-electron chi connectivity index (χ3n) is 4.59. The summed E-state index contributed by atoms with van der Waals surface area (Å²) in [6, 6.07) is 12.1. The number of pyridine rings is 1. The second-order valence-corrected chi connectivity index (χ2v) is 7.14. The number of rotatable bonds is 6. The van der Waals surface area contributed by atoms with E-state index in [1.807, 2.05) is 18.4 Å². The molecule has 3 heterocycles. The van der Waals surface area contributed by atoms with Crippen LogP contribution in [0, 0.1) is 0 Å². The minimum Gasteiger partial charge on any atom is -0.321 e. The predicted octanol–water partition coefficient (Wildman–Crippen LogP) is 3.22. The normalized spacial score (nSPS) is 10.7. The molecule has 0 fully saturated rings.